The van der Waals surface area contributed by atoms with E-state index in [4.69, 9.17) is 0 Å². The molecule has 10 heteroatoms. The molecule has 0 aromatic heterocycles. The molecule has 0 aliphatic carbocycles. The predicted molar refractivity (Wildman–Crippen MR) is 88.2 cm³/mol. The van der Waals surface area contributed by atoms with Crippen LogP contribution in [0.25, 0.3) is 0 Å². The number of hydrogen-bond acceptors (Lipinski definition) is 4. The highest BCUT2D eigenvalue weighted by Crippen LogP contribution is 2.21. The third-order valence-electron chi connectivity index (χ3n) is 3.81. The predicted octanol–water partition coefficient (Wildman–Crippen LogP) is 2.17. The maximum atomic E-state index is 12.5. The van der Waals surface area contributed by atoms with Crippen LogP contribution in [0.5, 0.6) is 0 Å². The SMILES string of the molecule is CC(COCC(F)(F)F)NC(=O)c1cccc(S(=O)(=O)N2CCCC2)c1. The van der Waals surface area contributed by atoms with Gasteiger partial charge in [0.2, 0.25) is 10.0 Å². The summed E-state index contributed by atoms with van der Waals surface area (Å²) in [6, 6.07) is 4.93. The summed E-state index contributed by atoms with van der Waals surface area (Å²) in [6.45, 7) is 0.700. The van der Waals surface area contributed by atoms with Crippen LogP contribution in [0.3, 0.4) is 0 Å². The van der Waals surface area contributed by atoms with Crippen LogP contribution in [0.2, 0.25) is 0 Å². The van der Waals surface area contributed by atoms with Crippen molar-refractivity contribution in [2.75, 3.05) is 26.3 Å². The van der Waals surface area contributed by atoms with Gasteiger partial charge < -0.3 is 10.1 Å². The lowest BCUT2D eigenvalue weighted by Gasteiger charge is -2.17. The summed E-state index contributed by atoms with van der Waals surface area (Å²) in [5.74, 6) is -0.577. The molecular weight excluding hydrogens is 373 g/mol. The van der Waals surface area contributed by atoms with Gasteiger partial charge in [-0.05, 0) is 38.0 Å². The van der Waals surface area contributed by atoms with E-state index in [1.54, 1.807) is 0 Å². The number of sulfonamides is 1. The van der Waals surface area contributed by atoms with Crippen LogP contribution >= 0.6 is 0 Å². The van der Waals surface area contributed by atoms with Crippen molar-refractivity contribution in [1.82, 2.24) is 9.62 Å². The summed E-state index contributed by atoms with van der Waals surface area (Å²) >= 11 is 0. The van der Waals surface area contributed by atoms with E-state index in [0.29, 0.717) is 13.1 Å². The number of carbonyl (C=O) groups is 1. The highest BCUT2D eigenvalue weighted by Gasteiger charge is 2.29. The van der Waals surface area contributed by atoms with Gasteiger partial charge in [0.15, 0.2) is 0 Å². The monoisotopic (exact) mass is 394 g/mol. The highest BCUT2D eigenvalue weighted by molar-refractivity contribution is 7.89. The van der Waals surface area contributed by atoms with E-state index in [1.165, 1.54) is 35.5 Å². The van der Waals surface area contributed by atoms with E-state index in [0.717, 1.165) is 12.8 Å². The van der Waals surface area contributed by atoms with E-state index < -0.39 is 34.8 Å². The second-order valence-corrected chi connectivity index (χ2v) is 8.08. The molecule has 1 atom stereocenters. The first-order valence-corrected chi connectivity index (χ1v) is 9.59. The Kier molecular flexibility index (Phi) is 6.64. The fourth-order valence-electron chi connectivity index (χ4n) is 2.58. The van der Waals surface area contributed by atoms with E-state index in [2.05, 4.69) is 10.1 Å². The molecule has 0 spiro atoms. The van der Waals surface area contributed by atoms with Crippen molar-refractivity contribution in [2.45, 2.75) is 36.9 Å². The zero-order valence-corrected chi connectivity index (χ0v) is 15.1. The van der Waals surface area contributed by atoms with Gasteiger partial charge in [0.1, 0.15) is 6.61 Å². The molecule has 0 saturated carbocycles. The second-order valence-electron chi connectivity index (χ2n) is 6.14. The average molecular weight is 394 g/mol. The van der Waals surface area contributed by atoms with Crippen LogP contribution in [-0.4, -0.2) is 57.2 Å². The second kappa shape index (κ2) is 8.36. The van der Waals surface area contributed by atoms with Crippen LogP contribution < -0.4 is 5.32 Å². The van der Waals surface area contributed by atoms with Crippen LogP contribution in [-0.2, 0) is 14.8 Å². The van der Waals surface area contributed by atoms with Gasteiger partial charge in [-0.2, -0.15) is 17.5 Å². The summed E-state index contributed by atoms with van der Waals surface area (Å²) < 4.78 is 67.1. The van der Waals surface area contributed by atoms with Gasteiger partial charge in [-0.15, -0.1) is 0 Å². The Balaban J connectivity index is 1.99. The number of benzene rings is 1. The largest absolute Gasteiger partial charge is 0.411 e. The van der Waals surface area contributed by atoms with Crippen molar-refractivity contribution >= 4 is 15.9 Å². The molecular formula is C16H21F3N2O4S. The molecule has 1 unspecified atom stereocenters. The minimum Gasteiger partial charge on any atom is -0.370 e. The van der Waals surface area contributed by atoms with Crippen LogP contribution in [0.1, 0.15) is 30.1 Å². The third kappa shape index (κ3) is 5.68. The van der Waals surface area contributed by atoms with Crippen molar-refractivity contribution in [1.29, 1.82) is 0 Å². The van der Waals surface area contributed by atoms with E-state index in [-0.39, 0.29) is 17.1 Å². The normalized spacial score (nSPS) is 17.2. The Morgan fingerprint density at radius 1 is 1.31 bits per heavy atom. The van der Waals surface area contributed by atoms with Crippen molar-refractivity contribution in [3.8, 4) is 0 Å². The first-order valence-electron chi connectivity index (χ1n) is 8.15. The van der Waals surface area contributed by atoms with E-state index >= 15 is 0 Å². The van der Waals surface area contributed by atoms with E-state index in [9.17, 15) is 26.4 Å². The summed E-state index contributed by atoms with van der Waals surface area (Å²) in [5, 5.41) is 2.49. The minimum atomic E-state index is -4.43. The standard InChI is InChI=1S/C16H21F3N2O4S/c1-12(10-25-11-16(17,18)19)20-15(22)13-5-4-6-14(9-13)26(23,24)21-7-2-3-8-21/h4-6,9,12H,2-3,7-8,10-11H2,1H3,(H,20,22). The van der Waals surface area contributed by atoms with E-state index in [1.807, 2.05) is 0 Å². The molecule has 0 bridgehead atoms. The number of amides is 1. The Hall–Kier alpha value is -1.65. The van der Waals surface area contributed by atoms with Crippen molar-refractivity contribution in [2.24, 2.45) is 0 Å². The molecule has 1 heterocycles. The molecule has 1 aromatic rings. The van der Waals surface area contributed by atoms with Crippen LogP contribution in [0, 0.1) is 0 Å². The number of halogens is 3. The van der Waals surface area contributed by atoms with Gasteiger partial charge in [0, 0.05) is 24.7 Å². The minimum absolute atomic E-state index is 0.0213. The zero-order valence-electron chi connectivity index (χ0n) is 14.3. The molecule has 1 N–H and O–H groups in total. The number of hydrogen-bond donors (Lipinski definition) is 1. The lowest BCUT2D eigenvalue weighted by molar-refractivity contribution is -0.174. The number of nitrogens with one attached hydrogen (secondary N) is 1. The molecule has 146 valence electrons. The maximum absolute atomic E-state index is 12.5. The summed E-state index contributed by atoms with van der Waals surface area (Å²) in [6.07, 6.45) is -2.83. The topological polar surface area (TPSA) is 75.7 Å². The number of ether oxygens (including phenoxy) is 1. The lowest BCUT2D eigenvalue weighted by atomic mass is 10.2. The highest BCUT2D eigenvalue weighted by atomic mass is 32.2. The van der Waals surface area contributed by atoms with Crippen LogP contribution in [0.4, 0.5) is 13.2 Å². The molecule has 6 nitrogen and oxygen atoms in total. The summed E-state index contributed by atoms with van der Waals surface area (Å²) in [7, 11) is -3.65. The number of nitrogens with zero attached hydrogens (tertiary/aromatic N) is 1. The number of carbonyl (C=O) groups excluding carboxylic acids is 1. The molecule has 1 aliphatic rings. The Bertz CT molecular complexity index is 731. The zero-order chi connectivity index (χ0) is 19.4. The molecule has 2 rings (SSSR count). The first kappa shape index (κ1) is 20.7. The summed E-state index contributed by atoms with van der Waals surface area (Å²) in [4.78, 5) is 12.2. The quantitative estimate of drug-likeness (QED) is 0.769. The lowest BCUT2D eigenvalue weighted by Crippen LogP contribution is -2.37. The van der Waals surface area contributed by atoms with Gasteiger partial charge in [-0.3, -0.25) is 4.79 Å². The molecule has 1 fully saturated rings. The van der Waals surface area contributed by atoms with Crippen LogP contribution in [0.15, 0.2) is 29.2 Å². The molecule has 26 heavy (non-hydrogen) atoms. The van der Waals surface area contributed by atoms with Crippen molar-refractivity contribution < 1.29 is 31.1 Å². The fourth-order valence-corrected chi connectivity index (χ4v) is 4.14. The maximum Gasteiger partial charge on any atom is 0.411 e. The van der Waals surface area contributed by atoms with Gasteiger partial charge in [-0.25, -0.2) is 8.42 Å². The molecule has 1 aliphatic heterocycles. The van der Waals surface area contributed by atoms with Gasteiger partial charge in [0.05, 0.1) is 11.5 Å². The first-order chi connectivity index (χ1) is 12.1. The van der Waals surface area contributed by atoms with Gasteiger partial charge in [0.25, 0.3) is 5.91 Å². The van der Waals surface area contributed by atoms with Gasteiger partial charge >= 0.3 is 6.18 Å². The third-order valence-corrected chi connectivity index (χ3v) is 5.70. The average Bonchev–Trinajstić information content (AvgIpc) is 3.09. The summed E-state index contributed by atoms with van der Waals surface area (Å²) in [5.41, 5.74) is 0.118. The Morgan fingerprint density at radius 3 is 2.58 bits per heavy atom. The fraction of sp³-hybridized carbons (Fsp3) is 0.562. The van der Waals surface area contributed by atoms with Crippen molar-refractivity contribution in [3.63, 3.8) is 0 Å². The Labute approximate surface area is 150 Å². The number of rotatable bonds is 7. The molecule has 1 aromatic carbocycles. The molecule has 1 saturated heterocycles. The van der Waals surface area contributed by atoms with Gasteiger partial charge in [-0.1, -0.05) is 6.07 Å². The van der Waals surface area contributed by atoms with Crippen molar-refractivity contribution in [3.05, 3.63) is 29.8 Å². The smallest absolute Gasteiger partial charge is 0.370 e. The Morgan fingerprint density at radius 2 is 1.96 bits per heavy atom. The number of alkyl halides is 3. The molecule has 1 amide bonds. The molecule has 0 radical (unpaired) electrons.